The lowest BCUT2D eigenvalue weighted by Gasteiger charge is -2.24. The fourth-order valence-corrected chi connectivity index (χ4v) is 5.19. The number of carbonyl (C=O) groups is 1. The SMILES string of the molecule is CNCC1CCCN1C(=O)CCNS(=O)(=O)c1c(C)cc(C)cc1C.Cl. The molecule has 1 atom stereocenters. The van der Waals surface area contributed by atoms with E-state index in [0.717, 1.165) is 42.6 Å². The number of benzene rings is 1. The molecule has 2 N–H and O–H groups in total. The Morgan fingerprint density at radius 3 is 2.42 bits per heavy atom. The monoisotopic (exact) mass is 403 g/mol. The second-order valence-corrected chi connectivity index (χ2v) is 8.52. The normalized spacial score (nSPS) is 17.2. The van der Waals surface area contributed by atoms with Crippen molar-refractivity contribution < 1.29 is 13.2 Å². The van der Waals surface area contributed by atoms with E-state index in [-0.39, 0.29) is 37.3 Å². The maximum Gasteiger partial charge on any atom is 0.241 e. The van der Waals surface area contributed by atoms with E-state index in [2.05, 4.69) is 10.0 Å². The van der Waals surface area contributed by atoms with Crippen molar-refractivity contribution in [3.8, 4) is 0 Å². The molecule has 1 saturated heterocycles. The van der Waals surface area contributed by atoms with E-state index in [1.807, 2.05) is 31.0 Å². The van der Waals surface area contributed by atoms with Gasteiger partial charge in [0.2, 0.25) is 15.9 Å². The minimum atomic E-state index is -3.61. The lowest BCUT2D eigenvalue weighted by atomic mass is 10.1. The zero-order valence-corrected chi connectivity index (χ0v) is 17.6. The minimum Gasteiger partial charge on any atom is -0.338 e. The lowest BCUT2D eigenvalue weighted by Crippen LogP contribution is -2.42. The van der Waals surface area contributed by atoms with Crippen LogP contribution in [0.1, 0.15) is 36.0 Å². The summed E-state index contributed by atoms with van der Waals surface area (Å²) in [5.74, 6) is 0.0119. The van der Waals surface area contributed by atoms with Crippen LogP contribution in [-0.2, 0) is 14.8 Å². The highest BCUT2D eigenvalue weighted by Crippen LogP contribution is 2.22. The topological polar surface area (TPSA) is 78.5 Å². The van der Waals surface area contributed by atoms with Gasteiger partial charge in [0, 0.05) is 32.1 Å². The quantitative estimate of drug-likeness (QED) is 0.728. The molecule has 2 rings (SSSR count). The van der Waals surface area contributed by atoms with Crippen molar-refractivity contribution in [1.82, 2.24) is 14.9 Å². The predicted molar refractivity (Wildman–Crippen MR) is 106 cm³/mol. The number of amides is 1. The van der Waals surface area contributed by atoms with E-state index in [0.29, 0.717) is 4.90 Å². The van der Waals surface area contributed by atoms with Crippen molar-refractivity contribution in [3.63, 3.8) is 0 Å². The fraction of sp³-hybridized carbons (Fsp3) is 0.611. The Labute approximate surface area is 163 Å². The Hall–Kier alpha value is -1.15. The molecule has 0 radical (unpaired) electrons. The molecular formula is C18H30ClN3O3S. The summed E-state index contributed by atoms with van der Waals surface area (Å²) >= 11 is 0. The third-order valence-electron chi connectivity index (χ3n) is 4.64. The summed E-state index contributed by atoms with van der Waals surface area (Å²) < 4.78 is 27.8. The third-order valence-corrected chi connectivity index (χ3v) is 6.41. The summed E-state index contributed by atoms with van der Waals surface area (Å²) in [4.78, 5) is 14.6. The molecule has 0 saturated carbocycles. The van der Waals surface area contributed by atoms with E-state index >= 15 is 0 Å². The van der Waals surface area contributed by atoms with Crippen molar-refractivity contribution in [3.05, 3.63) is 28.8 Å². The molecule has 1 amide bonds. The summed E-state index contributed by atoms with van der Waals surface area (Å²) in [5, 5.41) is 3.11. The first-order valence-corrected chi connectivity index (χ1v) is 10.3. The number of sulfonamides is 1. The number of likely N-dealkylation sites (N-methyl/N-ethyl adjacent to an activating group) is 1. The van der Waals surface area contributed by atoms with Gasteiger partial charge in [0.25, 0.3) is 0 Å². The zero-order valence-electron chi connectivity index (χ0n) is 16.0. The summed E-state index contributed by atoms with van der Waals surface area (Å²) in [5.41, 5.74) is 2.49. The van der Waals surface area contributed by atoms with Crippen molar-refractivity contribution >= 4 is 28.3 Å². The molecule has 1 heterocycles. The second-order valence-electron chi connectivity index (χ2n) is 6.82. The average molecular weight is 404 g/mol. The zero-order chi connectivity index (χ0) is 18.6. The number of likely N-dealkylation sites (tertiary alicyclic amines) is 1. The maximum atomic E-state index is 12.6. The highest BCUT2D eigenvalue weighted by molar-refractivity contribution is 7.89. The van der Waals surface area contributed by atoms with Crippen LogP contribution in [0, 0.1) is 20.8 Å². The number of aryl methyl sites for hydroxylation is 3. The van der Waals surface area contributed by atoms with Crippen LogP contribution < -0.4 is 10.0 Å². The van der Waals surface area contributed by atoms with Gasteiger partial charge in [0.15, 0.2) is 0 Å². The first-order valence-electron chi connectivity index (χ1n) is 8.78. The van der Waals surface area contributed by atoms with Gasteiger partial charge in [-0.2, -0.15) is 0 Å². The summed E-state index contributed by atoms with van der Waals surface area (Å²) in [6.45, 7) is 7.20. The van der Waals surface area contributed by atoms with Gasteiger partial charge in [-0.3, -0.25) is 4.79 Å². The smallest absolute Gasteiger partial charge is 0.241 e. The Morgan fingerprint density at radius 2 is 1.85 bits per heavy atom. The molecule has 0 bridgehead atoms. The number of carbonyl (C=O) groups excluding carboxylic acids is 1. The van der Waals surface area contributed by atoms with E-state index in [9.17, 15) is 13.2 Å². The second kappa shape index (κ2) is 9.69. The van der Waals surface area contributed by atoms with Gasteiger partial charge in [0.05, 0.1) is 4.90 Å². The average Bonchev–Trinajstić information content (AvgIpc) is 2.94. The Morgan fingerprint density at radius 1 is 1.23 bits per heavy atom. The van der Waals surface area contributed by atoms with Gasteiger partial charge < -0.3 is 10.2 Å². The van der Waals surface area contributed by atoms with Crippen LogP contribution in [0.4, 0.5) is 0 Å². The number of nitrogens with one attached hydrogen (secondary N) is 2. The molecule has 0 spiro atoms. The molecule has 8 heteroatoms. The first-order chi connectivity index (χ1) is 11.8. The van der Waals surface area contributed by atoms with Crippen LogP contribution in [0.25, 0.3) is 0 Å². The van der Waals surface area contributed by atoms with Gasteiger partial charge in [-0.05, 0) is 51.8 Å². The van der Waals surface area contributed by atoms with E-state index < -0.39 is 10.0 Å². The van der Waals surface area contributed by atoms with E-state index in [1.54, 1.807) is 13.8 Å². The molecule has 1 aromatic carbocycles. The summed E-state index contributed by atoms with van der Waals surface area (Å²) in [7, 11) is -1.74. The van der Waals surface area contributed by atoms with Crippen molar-refractivity contribution in [2.24, 2.45) is 0 Å². The largest absolute Gasteiger partial charge is 0.338 e. The van der Waals surface area contributed by atoms with Crippen molar-refractivity contribution in [1.29, 1.82) is 0 Å². The van der Waals surface area contributed by atoms with Crippen LogP contribution in [-0.4, -0.2) is 51.9 Å². The number of hydrogen-bond acceptors (Lipinski definition) is 4. The number of rotatable bonds is 7. The molecule has 0 aromatic heterocycles. The molecule has 6 nitrogen and oxygen atoms in total. The van der Waals surface area contributed by atoms with Gasteiger partial charge in [-0.15, -0.1) is 12.4 Å². The Balaban J connectivity index is 0.00000338. The Kier molecular flexibility index (Phi) is 8.53. The Bertz CT molecular complexity index is 714. The van der Waals surface area contributed by atoms with E-state index in [1.165, 1.54) is 0 Å². The van der Waals surface area contributed by atoms with Crippen LogP contribution in [0.2, 0.25) is 0 Å². The molecule has 26 heavy (non-hydrogen) atoms. The van der Waals surface area contributed by atoms with Crippen LogP contribution >= 0.6 is 12.4 Å². The van der Waals surface area contributed by atoms with Gasteiger partial charge >= 0.3 is 0 Å². The highest BCUT2D eigenvalue weighted by Gasteiger charge is 2.28. The van der Waals surface area contributed by atoms with Crippen LogP contribution in [0.3, 0.4) is 0 Å². The predicted octanol–water partition coefficient (Wildman–Crippen LogP) is 1.91. The van der Waals surface area contributed by atoms with Crippen molar-refractivity contribution in [2.75, 3.05) is 26.7 Å². The van der Waals surface area contributed by atoms with Gasteiger partial charge in [0.1, 0.15) is 0 Å². The first kappa shape index (κ1) is 22.9. The number of nitrogens with zero attached hydrogens (tertiary/aromatic N) is 1. The molecule has 0 aliphatic carbocycles. The van der Waals surface area contributed by atoms with Gasteiger partial charge in [-0.25, -0.2) is 13.1 Å². The van der Waals surface area contributed by atoms with Gasteiger partial charge in [-0.1, -0.05) is 17.7 Å². The maximum absolute atomic E-state index is 12.6. The van der Waals surface area contributed by atoms with E-state index in [4.69, 9.17) is 0 Å². The number of halogens is 1. The molecule has 1 aliphatic rings. The summed E-state index contributed by atoms with van der Waals surface area (Å²) in [6.07, 6.45) is 2.19. The molecule has 148 valence electrons. The third kappa shape index (κ3) is 5.42. The minimum absolute atomic E-state index is 0. The van der Waals surface area contributed by atoms with Crippen LogP contribution in [0.5, 0.6) is 0 Å². The molecule has 1 aromatic rings. The number of hydrogen-bond donors (Lipinski definition) is 2. The molecule has 1 fully saturated rings. The molecule has 1 unspecified atom stereocenters. The summed E-state index contributed by atoms with van der Waals surface area (Å²) in [6, 6.07) is 3.94. The standard InChI is InChI=1S/C18H29N3O3S.ClH/c1-13-10-14(2)18(15(3)11-13)25(23,24)20-8-7-17(22)21-9-5-6-16(21)12-19-4;/h10-11,16,19-20H,5-9,12H2,1-4H3;1H. The lowest BCUT2D eigenvalue weighted by molar-refractivity contribution is -0.131. The molecular weight excluding hydrogens is 374 g/mol. The highest BCUT2D eigenvalue weighted by atomic mass is 35.5. The van der Waals surface area contributed by atoms with Crippen LogP contribution in [0.15, 0.2) is 17.0 Å². The fourth-order valence-electron chi connectivity index (χ4n) is 3.71. The van der Waals surface area contributed by atoms with Crippen molar-refractivity contribution in [2.45, 2.75) is 51.0 Å². The molecule has 1 aliphatic heterocycles.